The van der Waals surface area contributed by atoms with Crippen molar-refractivity contribution in [3.8, 4) is 11.5 Å². The van der Waals surface area contributed by atoms with Gasteiger partial charge in [0, 0.05) is 37.7 Å². The van der Waals surface area contributed by atoms with Gasteiger partial charge in [-0.15, -0.1) is 0 Å². The number of hydrogen-bond acceptors (Lipinski definition) is 7. The predicted molar refractivity (Wildman–Crippen MR) is 107 cm³/mol. The summed E-state index contributed by atoms with van der Waals surface area (Å²) in [6, 6.07) is 2.25. The molecule has 1 atom stereocenters. The van der Waals surface area contributed by atoms with Gasteiger partial charge in [0.25, 0.3) is 5.89 Å². The molecule has 0 radical (unpaired) electrons. The molecule has 6 rings (SSSR count). The summed E-state index contributed by atoms with van der Waals surface area (Å²) in [5.74, 6) is 2.03. The van der Waals surface area contributed by atoms with E-state index in [-0.39, 0.29) is 17.9 Å². The zero-order valence-corrected chi connectivity index (χ0v) is 16.7. The fourth-order valence-corrected chi connectivity index (χ4v) is 4.51. The molecule has 3 aromatic rings. The van der Waals surface area contributed by atoms with Crippen LogP contribution in [0.5, 0.6) is 0 Å². The maximum Gasteiger partial charge on any atom is 0.259 e. The topological polar surface area (TPSA) is 99.2 Å². The van der Waals surface area contributed by atoms with E-state index in [1.807, 2.05) is 15.6 Å². The SMILES string of the molecule is O=C(C1CC1)N1CCC(c2noc(-c3cnc4cnn(C5CCOC5)c4c3)n2)CC1. The van der Waals surface area contributed by atoms with Gasteiger partial charge in [0.15, 0.2) is 5.82 Å². The van der Waals surface area contributed by atoms with E-state index in [0.717, 1.165) is 74.2 Å². The average molecular weight is 408 g/mol. The minimum atomic E-state index is 0.226. The summed E-state index contributed by atoms with van der Waals surface area (Å²) < 4.78 is 13.1. The van der Waals surface area contributed by atoms with Crippen molar-refractivity contribution in [3.63, 3.8) is 0 Å². The van der Waals surface area contributed by atoms with Crippen LogP contribution in [0, 0.1) is 5.92 Å². The summed E-state index contributed by atoms with van der Waals surface area (Å²) in [4.78, 5) is 23.4. The van der Waals surface area contributed by atoms with Crippen LogP contribution < -0.4 is 0 Å². The van der Waals surface area contributed by atoms with Crippen LogP contribution in [0.1, 0.15) is 49.9 Å². The van der Waals surface area contributed by atoms with Gasteiger partial charge < -0.3 is 14.2 Å². The molecular formula is C21H24N6O3. The Labute approximate surface area is 173 Å². The molecule has 0 spiro atoms. The Balaban J connectivity index is 1.20. The lowest BCUT2D eigenvalue weighted by atomic mass is 9.96. The van der Waals surface area contributed by atoms with Crippen LogP contribution in [-0.4, -0.2) is 62.0 Å². The molecule has 5 heterocycles. The number of amides is 1. The molecule has 1 aliphatic carbocycles. The highest BCUT2D eigenvalue weighted by atomic mass is 16.5. The van der Waals surface area contributed by atoms with E-state index >= 15 is 0 Å². The van der Waals surface area contributed by atoms with Gasteiger partial charge >= 0.3 is 0 Å². The maximum atomic E-state index is 12.3. The molecule has 9 heteroatoms. The normalized spacial score (nSPS) is 22.8. The molecule has 156 valence electrons. The van der Waals surface area contributed by atoms with Gasteiger partial charge in [-0.25, -0.2) is 0 Å². The number of hydrogen-bond donors (Lipinski definition) is 0. The van der Waals surface area contributed by atoms with E-state index in [4.69, 9.17) is 9.26 Å². The molecule has 2 aliphatic heterocycles. The second-order valence-corrected chi connectivity index (χ2v) is 8.57. The highest BCUT2D eigenvalue weighted by Crippen LogP contribution is 2.34. The summed E-state index contributed by atoms with van der Waals surface area (Å²) in [6.45, 7) is 2.99. The fraction of sp³-hybridized carbons (Fsp3) is 0.571. The minimum Gasteiger partial charge on any atom is -0.379 e. The molecule has 1 saturated carbocycles. The molecule has 1 unspecified atom stereocenters. The second kappa shape index (κ2) is 7.16. The smallest absolute Gasteiger partial charge is 0.259 e. The lowest BCUT2D eigenvalue weighted by Gasteiger charge is -2.30. The Hall–Kier alpha value is -2.81. The first kappa shape index (κ1) is 18.0. The fourth-order valence-electron chi connectivity index (χ4n) is 4.51. The van der Waals surface area contributed by atoms with Crippen LogP contribution >= 0.6 is 0 Å². The number of likely N-dealkylation sites (tertiary alicyclic amines) is 1. The second-order valence-electron chi connectivity index (χ2n) is 8.57. The Kier molecular flexibility index (Phi) is 4.29. The molecule has 0 N–H and O–H groups in total. The molecule has 30 heavy (non-hydrogen) atoms. The van der Waals surface area contributed by atoms with Crippen LogP contribution in [0.25, 0.3) is 22.5 Å². The number of ether oxygens (including phenoxy) is 1. The van der Waals surface area contributed by atoms with E-state index in [2.05, 4.69) is 20.2 Å². The molecule has 3 aliphatic rings. The van der Waals surface area contributed by atoms with E-state index in [1.165, 1.54) is 0 Å². The zero-order valence-electron chi connectivity index (χ0n) is 16.7. The molecule has 0 bridgehead atoms. The van der Waals surface area contributed by atoms with Crippen LogP contribution in [0.4, 0.5) is 0 Å². The molecule has 0 aromatic carbocycles. The van der Waals surface area contributed by atoms with Crippen LogP contribution in [0.15, 0.2) is 23.0 Å². The summed E-state index contributed by atoms with van der Waals surface area (Å²) in [7, 11) is 0. The van der Waals surface area contributed by atoms with Crippen molar-refractivity contribution in [2.24, 2.45) is 5.92 Å². The first-order chi connectivity index (χ1) is 14.8. The van der Waals surface area contributed by atoms with Crippen molar-refractivity contribution in [2.75, 3.05) is 26.3 Å². The van der Waals surface area contributed by atoms with Crippen molar-refractivity contribution >= 4 is 16.9 Å². The monoisotopic (exact) mass is 408 g/mol. The number of pyridine rings is 1. The number of nitrogens with zero attached hydrogens (tertiary/aromatic N) is 6. The molecule has 2 saturated heterocycles. The summed E-state index contributed by atoms with van der Waals surface area (Å²) >= 11 is 0. The van der Waals surface area contributed by atoms with Gasteiger partial charge in [-0.2, -0.15) is 10.1 Å². The third-order valence-corrected chi connectivity index (χ3v) is 6.49. The van der Waals surface area contributed by atoms with E-state index < -0.39 is 0 Å². The Morgan fingerprint density at radius 1 is 1.10 bits per heavy atom. The van der Waals surface area contributed by atoms with Crippen LogP contribution in [0.2, 0.25) is 0 Å². The van der Waals surface area contributed by atoms with E-state index in [0.29, 0.717) is 18.4 Å². The van der Waals surface area contributed by atoms with Gasteiger partial charge in [0.1, 0.15) is 5.52 Å². The summed E-state index contributed by atoms with van der Waals surface area (Å²) in [6.07, 6.45) is 8.36. The number of piperidine rings is 1. The highest BCUT2D eigenvalue weighted by Gasteiger charge is 2.35. The molecule has 1 amide bonds. The lowest BCUT2D eigenvalue weighted by Crippen LogP contribution is -2.38. The number of carbonyl (C=O) groups is 1. The molecule has 3 fully saturated rings. The number of carbonyl (C=O) groups excluding carboxylic acids is 1. The quantitative estimate of drug-likeness (QED) is 0.654. The van der Waals surface area contributed by atoms with Crippen molar-refractivity contribution in [1.82, 2.24) is 29.8 Å². The van der Waals surface area contributed by atoms with Gasteiger partial charge in [-0.1, -0.05) is 5.16 Å². The number of rotatable bonds is 4. The standard InChI is InChI=1S/C21H24N6O3/c28-21(14-1-2-14)26-6-3-13(4-7-26)19-24-20(30-25-19)15-9-18-17(22-10-15)11-23-27(18)16-5-8-29-12-16/h9-11,13-14,16H,1-8,12H2. The minimum absolute atomic E-state index is 0.226. The summed E-state index contributed by atoms with van der Waals surface area (Å²) in [5, 5.41) is 8.75. The average Bonchev–Trinajstić information content (AvgIpc) is 3.18. The molecular weight excluding hydrogens is 384 g/mol. The number of fused-ring (bicyclic) bond motifs is 1. The van der Waals surface area contributed by atoms with Crippen LogP contribution in [0.3, 0.4) is 0 Å². The molecule has 3 aromatic heterocycles. The van der Waals surface area contributed by atoms with Gasteiger partial charge in [0.2, 0.25) is 5.91 Å². The van der Waals surface area contributed by atoms with Crippen molar-refractivity contribution < 1.29 is 14.1 Å². The van der Waals surface area contributed by atoms with Crippen molar-refractivity contribution in [3.05, 3.63) is 24.3 Å². The zero-order chi connectivity index (χ0) is 20.1. The maximum absolute atomic E-state index is 12.3. The van der Waals surface area contributed by atoms with E-state index in [1.54, 1.807) is 12.4 Å². The Morgan fingerprint density at radius 2 is 1.97 bits per heavy atom. The van der Waals surface area contributed by atoms with Gasteiger partial charge in [-0.05, 0) is 38.2 Å². The van der Waals surface area contributed by atoms with E-state index in [9.17, 15) is 4.79 Å². The van der Waals surface area contributed by atoms with Crippen molar-refractivity contribution in [2.45, 2.75) is 44.1 Å². The van der Waals surface area contributed by atoms with Gasteiger partial charge in [-0.3, -0.25) is 14.5 Å². The van der Waals surface area contributed by atoms with Crippen LogP contribution in [-0.2, 0) is 9.53 Å². The Bertz CT molecular complexity index is 1070. The molecule has 9 nitrogen and oxygen atoms in total. The Morgan fingerprint density at radius 3 is 2.73 bits per heavy atom. The van der Waals surface area contributed by atoms with Gasteiger partial charge in [0.05, 0.1) is 29.9 Å². The predicted octanol–water partition coefficient (Wildman–Crippen LogP) is 2.56. The highest BCUT2D eigenvalue weighted by molar-refractivity contribution is 5.81. The first-order valence-electron chi connectivity index (χ1n) is 10.8. The van der Waals surface area contributed by atoms with Crippen molar-refractivity contribution in [1.29, 1.82) is 0 Å². The number of aromatic nitrogens is 5. The third-order valence-electron chi connectivity index (χ3n) is 6.49. The summed E-state index contributed by atoms with van der Waals surface area (Å²) in [5.41, 5.74) is 2.59. The lowest BCUT2D eigenvalue weighted by molar-refractivity contribution is -0.133. The third kappa shape index (κ3) is 3.17. The largest absolute Gasteiger partial charge is 0.379 e. The first-order valence-corrected chi connectivity index (χ1v) is 10.8.